The van der Waals surface area contributed by atoms with Gasteiger partial charge in [-0.15, -0.1) is 0 Å². The Morgan fingerprint density at radius 1 is 1.04 bits per heavy atom. The van der Waals surface area contributed by atoms with Crippen LogP contribution in [0.3, 0.4) is 0 Å². The normalized spacial score (nSPS) is 16.1. The number of fused-ring (bicyclic) bond motifs is 5. The lowest BCUT2D eigenvalue weighted by Crippen LogP contribution is -2.37. The molecule has 1 aliphatic carbocycles. The minimum absolute atomic E-state index is 0.331. The van der Waals surface area contributed by atoms with Crippen LogP contribution in [0, 0.1) is 0 Å². The highest BCUT2D eigenvalue weighted by atomic mass is 16.3. The standard InChI is InChI=1S/C21H28N4O3/c1-11(2)17-15-7-5-6-14(15)16-18-19(28-21(16)24-17)20(23-10-22-18)25(8-12(3)26)9-13(4)27/h10-13,26-27H,5-9H2,1-4H3/t12-,13+. The van der Waals surface area contributed by atoms with Gasteiger partial charge < -0.3 is 19.5 Å². The predicted octanol–water partition coefficient (Wildman–Crippen LogP) is 2.95. The molecule has 3 aromatic rings. The molecule has 0 unspecified atom stereocenters. The molecule has 2 atom stereocenters. The van der Waals surface area contributed by atoms with Crippen LogP contribution >= 0.6 is 0 Å². The predicted molar refractivity (Wildman–Crippen MR) is 109 cm³/mol. The monoisotopic (exact) mass is 384 g/mol. The van der Waals surface area contributed by atoms with E-state index in [2.05, 4.69) is 23.8 Å². The molecule has 7 nitrogen and oxygen atoms in total. The number of hydrogen-bond donors (Lipinski definition) is 2. The molecular formula is C21H28N4O3. The third kappa shape index (κ3) is 3.22. The van der Waals surface area contributed by atoms with Crippen LogP contribution in [0.5, 0.6) is 0 Å². The highest BCUT2D eigenvalue weighted by molar-refractivity contribution is 6.06. The number of nitrogens with zero attached hydrogens (tertiary/aromatic N) is 4. The molecule has 0 saturated heterocycles. The van der Waals surface area contributed by atoms with Gasteiger partial charge in [-0.1, -0.05) is 13.8 Å². The summed E-state index contributed by atoms with van der Waals surface area (Å²) >= 11 is 0. The molecule has 28 heavy (non-hydrogen) atoms. The van der Waals surface area contributed by atoms with Crippen LogP contribution in [0.15, 0.2) is 10.7 Å². The third-order valence-electron chi connectivity index (χ3n) is 5.30. The van der Waals surface area contributed by atoms with Crippen LogP contribution in [0.1, 0.15) is 56.9 Å². The Bertz CT molecular complexity index is 1000. The average Bonchev–Trinajstić information content (AvgIpc) is 3.22. The first-order chi connectivity index (χ1) is 13.4. The third-order valence-corrected chi connectivity index (χ3v) is 5.30. The molecule has 0 aliphatic heterocycles. The van der Waals surface area contributed by atoms with Gasteiger partial charge in [0.1, 0.15) is 11.8 Å². The summed E-state index contributed by atoms with van der Waals surface area (Å²) in [6.07, 6.45) is 3.57. The topological polar surface area (TPSA) is 95.5 Å². The van der Waals surface area contributed by atoms with Crippen molar-refractivity contribution >= 4 is 28.0 Å². The first-order valence-electron chi connectivity index (χ1n) is 10.1. The van der Waals surface area contributed by atoms with E-state index in [1.165, 1.54) is 17.5 Å². The van der Waals surface area contributed by atoms with Gasteiger partial charge in [0.25, 0.3) is 0 Å². The van der Waals surface area contributed by atoms with Gasteiger partial charge in [0.05, 0.1) is 23.3 Å². The second-order valence-electron chi connectivity index (χ2n) is 8.22. The van der Waals surface area contributed by atoms with E-state index >= 15 is 0 Å². The van der Waals surface area contributed by atoms with Crippen molar-refractivity contribution in [3.8, 4) is 0 Å². The first kappa shape index (κ1) is 19.1. The zero-order valence-electron chi connectivity index (χ0n) is 16.9. The Kier molecular flexibility index (Phi) is 4.97. The molecule has 2 N–H and O–H groups in total. The summed E-state index contributed by atoms with van der Waals surface area (Å²) in [5, 5.41) is 20.8. The summed E-state index contributed by atoms with van der Waals surface area (Å²) in [6.45, 7) is 8.44. The van der Waals surface area contributed by atoms with Crippen molar-refractivity contribution in [1.29, 1.82) is 0 Å². The van der Waals surface area contributed by atoms with E-state index in [-0.39, 0.29) is 0 Å². The van der Waals surface area contributed by atoms with E-state index in [4.69, 9.17) is 9.40 Å². The van der Waals surface area contributed by atoms with Crippen molar-refractivity contribution in [2.75, 3.05) is 18.0 Å². The van der Waals surface area contributed by atoms with Crippen LogP contribution in [0.25, 0.3) is 22.2 Å². The summed E-state index contributed by atoms with van der Waals surface area (Å²) in [6, 6.07) is 0. The fraction of sp³-hybridized carbons (Fsp3) is 0.571. The van der Waals surface area contributed by atoms with E-state index in [0.717, 1.165) is 35.9 Å². The number of pyridine rings is 1. The molecule has 150 valence electrons. The Hall–Kier alpha value is -2.25. The summed E-state index contributed by atoms with van der Waals surface area (Å²) in [7, 11) is 0. The maximum atomic E-state index is 9.92. The molecule has 3 aromatic heterocycles. The number of rotatable bonds is 6. The maximum absolute atomic E-state index is 9.92. The van der Waals surface area contributed by atoms with E-state index in [0.29, 0.717) is 36.1 Å². The molecule has 0 saturated carbocycles. The molecule has 3 heterocycles. The van der Waals surface area contributed by atoms with Crippen molar-refractivity contribution in [3.63, 3.8) is 0 Å². The van der Waals surface area contributed by atoms with Gasteiger partial charge in [0, 0.05) is 13.1 Å². The van der Waals surface area contributed by atoms with Crippen LogP contribution in [0.2, 0.25) is 0 Å². The highest BCUT2D eigenvalue weighted by Crippen LogP contribution is 2.40. The fourth-order valence-electron chi connectivity index (χ4n) is 4.30. The van der Waals surface area contributed by atoms with Crippen molar-refractivity contribution in [1.82, 2.24) is 15.0 Å². The molecule has 7 heteroatoms. The smallest absolute Gasteiger partial charge is 0.229 e. The summed E-state index contributed by atoms with van der Waals surface area (Å²) in [4.78, 5) is 15.7. The van der Waals surface area contributed by atoms with Crippen LogP contribution in [-0.4, -0.2) is 50.5 Å². The zero-order valence-corrected chi connectivity index (χ0v) is 16.9. The highest BCUT2D eigenvalue weighted by Gasteiger charge is 2.27. The Morgan fingerprint density at radius 3 is 2.36 bits per heavy atom. The first-order valence-corrected chi connectivity index (χ1v) is 10.1. The van der Waals surface area contributed by atoms with Gasteiger partial charge in [0.15, 0.2) is 11.4 Å². The zero-order chi connectivity index (χ0) is 20.0. The fourth-order valence-corrected chi connectivity index (χ4v) is 4.30. The lowest BCUT2D eigenvalue weighted by atomic mass is 9.99. The molecule has 4 rings (SSSR count). The lowest BCUT2D eigenvalue weighted by Gasteiger charge is -2.26. The Morgan fingerprint density at radius 2 is 1.71 bits per heavy atom. The Labute approximate surface area is 164 Å². The van der Waals surface area contributed by atoms with Crippen molar-refractivity contribution in [3.05, 3.63) is 23.1 Å². The maximum Gasteiger partial charge on any atom is 0.229 e. The second kappa shape index (κ2) is 7.29. The molecule has 0 aromatic carbocycles. The summed E-state index contributed by atoms with van der Waals surface area (Å²) < 4.78 is 6.20. The van der Waals surface area contributed by atoms with Gasteiger partial charge in [-0.05, 0) is 50.2 Å². The van der Waals surface area contributed by atoms with Gasteiger partial charge >= 0.3 is 0 Å². The SMILES string of the molecule is CC(C)c1nc2oc3c(N(C[C@H](C)O)C[C@@H](C)O)ncnc3c2c2c1CCC2. The molecular weight excluding hydrogens is 356 g/mol. The summed E-state index contributed by atoms with van der Waals surface area (Å²) in [5.74, 6) is 0.916. The van der Waals surface area contributed by atoms with Crippen LogP contribution in [-0.2, 0) is 12.8 Å². The van der Waals surface area contributed by atoms with Crippen molar-refractivity contribution < 1.29 is 14.6 Å². The van der Waals surface area contributed by atoms with E-state index in [1.54, 1.807) is 13.8 Å². The van der Waals surface area contributed by atoms with E-state index in [9.17, 15) is 10.2 Å². The quantitative estimate of drug-likeness (QED) is 0.674. The van der Waals surface area contributed by atoms with E-state index in [1.807, 2.05) is 4.90 Å². The molecule has 1 aliphatic rings. The van der Waals surface area contributed by atoms with Gasteiger partial charge in [-0.3, -0.25) is 0 Å². The minimum atomic E-state index is -0.567. The number of aromatic nitrogens is 3. The number of aryl methyl sites for hydroxylation is 1. The summed E-state index contributed by atoms with van der Waals surface area (Å²) in [5.41, 5.74) is 5.70. The molecule has 0 bridgehead atoms. The molecule has 0 fully saturated rings. The number of aliphatic hydroxyl groups is 2. The van der Waals surface area contributed by atoms with Crippen LogP contribution in [0.4, 0.5) is 5.82 Å². The van der Waals surface area contributed by atoms with Gasteiger partial charge in [-0.25, -0.2) is 15.0 Å². The Balaban J connectivity index is 1.95. The van der Waals surface area contributed by atoms with Crippen LogP contribution < -0.4 is 4.90 Å². The van der Waals surface area contributed by atoms with Crippen molar-refractivity contribution in [2.24, 2.45) is 0 Å². The van der Waals surface area contributed by atoms with E-state index < -0.39 is 12.2 Å². The van der Waals surface area contributed by atoms with Crippen molar-refractivity contribution in [2.45, 2.75) is 65.1 Å². The minimum Gasteiger partial charge on any atom is -0.432 e. The molecule has 0 spiro atoms. The largest absolute Gasteiger partial charge is 0.432 e. The number of anilines is 1. The van der Waals surface area contributed by atoms with Gasteiger partial charge in [0.2, 0.25) is 5.71 Å². The lowest BCUT2D eigenvalue weighted by molar-refractivity contribution is 0.178. The number of aliphatic hydroxyl groups excluding tert-OH is 2. The second-order valence-corrected chi connectivity index (χ2v) is 8.22. The average molecular weight is 384 g/mol. The molecule has 0 radical (unpaired) electrons. The van der Waals surface area contributed by atoms with Gasteiger partial charge in [-0.2, -0.15) is 0 Å². The number of furan rings is 1. The number of hydrogen-bond acceptors (Lipinski definition) is 7. The molecule has 0 amide bonds.